The third-order valence-electron chi connectivity index (χ3n) is 4.03. The van der Waals surface area contributed by atoms with Gasteiger partial charge in [-0.05, 0) is 48.2 Å². The van der Waals surface area contributed by atoms with E-state index in [2.05, 4.69) is 6.92 Å². The van der Waals surface area contributed by atoms with Gasteiger partial charge in [-0.3, -0.25) is 4.79 Å². The number of rotatable bonds is 7. The first-order valence-electron chi connectivity index (χ1n) is 8.12. The number of benzene rings is 2. The maximum atomic E-state index is 12.5. The van der Waals surface area contributed by atoms with Gasteiger partial charge in [0.2, 0.25) is 0 Å². The normalized spacial score (nSPS) is 11.6. The standard InChI is InChI=1S/C20H23NO4/c1-14(11-15-7-9-18(25-3)10-8-15)13-21(2)19(22)16-5-4-6-17(12-16)20(23)24/h4-10,12,14H,11,13H2,1-3H3,(H,23,24). The first kappa shape index (κ1) is 18.5. The lowest BCUT2D eigenvalue weighted by Crippen LogP contribution is -2.31. The molecule has 0 bridgehead atoms. The fourth-order valence-corrected chi connectivity index (χ4v) is 2.78. The van der Waals surface area contributed by atoms with Gasteiger partial charge in [0.25, 0.3) is 5.91 Å². The summed E-state index contributed by atoms with van der Waals surface area (Å²) in [5.74, 6) is -0.123. The van der Waals surface area contributed by atoms with Crippen molar-refractivity contribution in [3.8, 4) is 5.75 Å². The van der Waals surface area contributed by atoms with Crippen molar-refractivity contribution in [2.45, 2.75) is 13.3 Å². The third kappa shape index (κ3) is 5.08. The molecule has 5 heteroatoms. The van der Waals surface area contributed by atoms with Crippen LogP contribution in [0.15, 0.2) is 48.5 Å². The lowest BCUT2D eigenvalue weighted by molar-refractivity contribution is 0.0697. The van der Waals surface area contributed by atoms with Crippen LogP contribution in [0, 0.1) is 5.92 Å². The van der Waals surface area contributed by atoms with Gasteiger partial charge in [-0.25, -0.2) is 4.79 Å². The molecule has 0 saturated heterocycles. The molecule has 2 aromatic rings. The van der Waals surface area contributed by atoms with E-state index in [1.54, 1.807) is 31.2 Å². The van der Waals surface area contributed by atoms with Crippen molar-refractivity contribution in [1.82, 2.24) is 4.90 Å². The Morgan fingerprint density at radius 3 is 2.36 bits per heavy atom. The molecule has 0 radical (unpaired) electrons. The van der Waals surface area contributed by atoms with Gasteiger partial charge in [0.15, 0.2) is 0 Å². The number of hydrogen-bond acceptors (Lipinski definition) is 3. The van der Waals surface area contributed by atoms with E-state index in [1.165, 1.54) is 17.7 Å². The van der Waals surface area contributed by atoms with Gasteiger partial charge in [0.05, 0.1) is 12.7 Å². The molecule has 5 nitrogen and oxygen atoms in total. The molecular formula is C20H23NO4. The molecule has 132 valence electrons. The Labute approximate surface area is 147 Å². The summed E-state index contributed by atoms with van der Waals surface area (Å²) in [6.07, 6.45) is 0.844. The number of aromatic carboxylic acids is 1. The first-order chi connectivity index (χ1) is 11.9. The molecule has 2 aromatic carbocycles. The summed E-state index contributed by atoms with van der Waals surface area (Å²) in [7, 11) is 3.37. The topological polar surface area (TPSA) is 66.8 Å². The van der Waals surface area contributed by atoms with E-state index in [1.807, 2.05) is 24.3 Å². The molecule has 1 atom stereocenters. The molecule has 1 N–H and O–H groups in total. The van der Waals surface area contributed by atoms with Crippen molar-refractivity contribution in [1.29, 1.82) is 0 Å². The Morgan fingerprint density at radius 1 is 1.12 bits per heavy atom. The van der Waals surface area contributed by atoms with E-state index in [0.29, 0.717) is 12.1 Å². The van der Waals surface area contributed by atoms with Crippen LogP contribution in [0.25, 0.3) is 0 Å². The number of carboxylic acids is 1. The summed E-state index contributed by atoms with van der Waals surface area (Å²) in [6.45, 7) is 2.67. The zero-order valence-electron chi connectivity index (χ0n) is 14.7. The van der Waals surface area contributed by atoms with Crippen LogP contribution < -0.4 is 4.74 Å². The lowest BCUT2D eigenvalue weighted by atomic mass is 10.00. The minimum Gasteiger partial charge on any atom is -0.497 e. The Balaban J connectivity index is 1.97. The zero-order chi connectivity index (χ0) is 18.4. The van der Waals surface area contributed by atoms with Gasteiger partial charge in [-0.2, -0.15) is 0 Å². The zero-order valence-corrected chi connectivity index (χ0v) is 14.7. The molecule has 0 spiro atoms. The van der Waals surface area contributed by atoms with Crippen LogP contribution >= 0.6 is 0 Å². The number of carbonyl (C=O) groups excluding carboxylic acids is 1. The van der Waals surface area contributed by atoms with Gasteiger partial charge < -0.3 is 14.7 Å². The fraction of sp³-hybridized carbons (Fsp3) is 0.300. The minimum absolute atomic E-state index is 0.116. The second kappa shape index (κ2) is 8.33. The summed E-state index contributed by atoms with van der Waals surface area (Å²) in [6, 6.07) is 14.0. The maximum absolute atomic E-state index is 12.5. The van der Waals surface area contributed by atoms with Crippen LogP contribution in [0.1, 0.15) is 33.2 Å². The second-order valence-electron chi connectivity index (χ2n) is 6.23. The van der Waals surface area contributed by atoms with Crippen LogP contribution in [0.5, 0.6) is 5.75 Å². The van der Waals surface area contributed by atoms with E-state index >= 15 is 0 Å². The lowest BCUT2D eigenvalue weighted by Gasteiger charge is -2.22. The summed E-state index contributed by atoms with van der Waals surface area (Å²) in [5, 5.41) is 9.04. The number of carboxylic acid groups (broad SMARTS) is 1. The number of ether oxygens (including phenoxy) is 1. The molecule has 0 aliphatic heterocycles. The van der Waals surface area contributed by atoms with E-state index in [4.69, 9.17) is 9.84 Å². The van der Waals surface area contributed by atoms with Gasteiger partial charge in [0, 0.05) is 19.2 Å². The summed E-state index contributed by atoms with van der Waals surface area (Å²) >= 11 is 0. The van der Waals surface area contributed by atoms with E-state index in [9.17, 15) is 9.59 Å². The second-order valence-corrected chi connectivity index (χ2v) is 6.23. The highest BCUT2D eigenvalue weighted by molar-refractivity contribution is 5.97. The smallest absolute Gasteiger partial charge is 0.335 e. The van der Waals surface area contributed by atoms with Crippen LogP contribution in [-0.2, 0) is 6.42 Å². The molecule has 0 saturated carbocycles. The molecule has 1 unspecified atom stereocenters. The molecule has 2 rings (SSSR count). The van der Waals surface area contributed by atoms with Gasteiger partial charge in [-0.15, -0.1) is 0 Å². The maximum Gasteiger partial charge on any atom is 0.335 e. The molecule has 25 heavy (non-hydrogen) atoms. The van der Waals surface area contributed by atoms with Crippen molar-refractivity contribution in [2.24, 2.45) is 5.92 Å². The Hall–Kier alpha value is -2.82. The fourth-order valence-electron chi connectivity index (χ4n) is 2.78. The Morgan fingerprint density at radius 2 is 1.76 bits per heavy atom. The number of carbonyl (C=O) groups is 2. The minimum atomic E-state index is -1.04. The van der Waals surface area contributed by atoms with E-state index < -0.39 is 5.97 Å². The summed E-state index contributed by atoms with van der Waals surface area (Å²) in [5.41, 5.74) is 1.69. The summed E-state index contributed by atoms with van der Waals surface area (Å²) < 4.78 is 5.15. The molecule has 0 aromatic heterocycles. The highest BCUT2D eigenvalue weighted by Gasteiger charge is 2.16. The van der Waals surface area contributed by atoms with Gasteiger partial charge >= 0.3 is 5.97 Å². The highest BCUT2D eigenvalue weighted by Crippen LogP contribution is 2.16. The van der Waals surface area contributed by atoms with Crippen LogP contribution in [0.2, 0.25) is 0 Å². The van der Waals surface area contributed by atoms with Crippen molar-refractivity contribution in [3.05, 3.63) is 65.2 Å². The van der Waals surface area contributed by atoms with Crippen LogP contribution in [-0.4, -0.2) is 42.6 Å². The van der Waals surface area contributed by atoms with Crippen LogP contribution in [0.3, 0.4) is 0 Å². The molecule has 0 aliphatic carbocycles. The van der Waals surface area contributed by atoms with Crippen molar-refractivity contribution in [3.63, 3.8) is 0 Å². The average Bonchev–Trinajstić information content (AvgIpc) is 2.61. The third-order valence-corrected chi connectivity index (χ3v) is 4.03. The predicted molar refractivity (Wildman–Crippen MR) is 96.2 cm³/mol. The molecule has 0 fully saturated rings. The van der Waals surface area contributed by atoms with Crippen molar-refractivity contribution in [2.75, 3.05) is 20.7 Å². The summed E-state index contributed by atoms with van der Waals surface area (Å²) in [4.78, 5) is 25.2. The average molecular weight is 341 g/mol. The van der Waals surface area contributed by atoms with Crippen LogP contribution in [0.4, 0.5) is 0 Å². The molecule has 1 amide bonds. The van der Waals surface area contributed by atoms with Crippen molar-refractivity contribution < 1.29 is 19.4 Å². The SMILES string of the molecule is COc1ccc(CC(C)CN(C)C(=O)c2cccc(C(=O)O)c2)cc1. The number of amides is 1. The van der Waals surface area contributed by atoms with Gasteiger partial charge in [0.1, 0.15) is 5.75 Å². The molecule has 0 aliphatic rings. The number of methoxy groups -OCH3 is 1. The predicted octanol–water partition coefficient (Wildman–Crippen LogP) is 3.34. The van der Waals surface area contributed by atoms with Crippen molar-refractivity contribution >= 4 is 11.9 Å². The monoisotopic (exact) mass is 341 g/mol. The molecule has 0 heterocycles. The van der Waals surface area contributed by atoms with E-state index in [-0.39, 0.29) is 17.4 Å². The molecular weight excluding hydrogens is 318 g/mol. The Bertz CT molecular complexity index is 740. The number of hydrogen-bond donors (Lipinski definition) is 1. The largest absolute Gasteiger partial charge is 0.497 e. The van der Waals surface area contributed by atoms with E-state index in [0.717, 1.165) is 12.2 Å². The Kier molecular flexibility index (Phi) is 6.17. The quantitative estimate of drug-likeness (QED) is 0.839. The van der Waals surface area contributed by atoms with Gasteiger partial charge in [-0.1, -0.05) is 25.1 Å². The highest BCUT2D eigenvalue weighted by atomic mass is 16.5. The first-order valence-corrected chi connectivity index (χ1v) is 8.12. The number of nitrogens with zero attached hydrogens (tertiary/aromatic N) is 1.